The fourth-order valence-corrected chi connectivity index (χ4v) is 2.76. The van der Waals surface area contributed by atoms with Crippen LogP contribution in [0.5, 0.6) is 0 Å². The molecule has 0 radical (unpaired) electrons. The molecule has 2 atom stereocenters. The Kier molecular flexibility index (Phi) is 7.87. The minimum atomic E-state index is 0.445. The predicted molar refractivity (Wildman–Crippen MR) is 76.1 cm³/mol. The highest BCUT2D eigenvalue weighted by Gasteiger charge is 2.19. The standard InChI is InChI=1S/C15H32N2/c1-13(2)8-6-7-11-17-12-14-9-4-3-5-10-15(14)16/h13-15,17H,3-12,16H2,1-2H3. The van der Waals surface area contributed by atoms with Crippen molar-refractivity contribution in [3.8, 4) is 0 Å². The maximum Gasteiger partial charge on any atom is 0.00792 e. The van der Waals surface area contributed by atoms with Crippen LogP contribution in [0.4, 0.5) is 0 Å². The number of unbranched alkanes of at least 4 members (excludes halogenated alkanes) is 1. The monoisotopic (exact) mass is 240 g/mol. The lowest BCUT2D eigenvalue weighted by Crippen LogP contribution is -2.36. The van der Waals surface area contributed by atoms with E-state index >= 15 is 0 Å². The molecule has 2 unspecified atom stereocenters. The molecule has 0 aromatic rings. The van der Waals surface area contributed by atoms with E-state index in [4.69, 9.17) is 5.73 Å². The van der Waals surface area contributed by atoms with Gasteiger partial charge >= 0.3 is 0 Å². The molecule has 1 aliphatic rings. The highest BCUT2D eigenvalue weighted by atomic mass is 14.9. The van der Waals surface area contributed by atoms with E-state index in [0.29, 0.717) is 6.04 Å². The Bertz CT molecular complexity index is 180. The molecule has 0 aromatic carbocycles. The van der Waals surface area contributed by atoms with Crippen molar-refractivity contribution in [2.45, 2.75) is 71.3 Å². The molecule has 0 amide bonds. The molecule has 2 heteroatoms. The molecule has 0 aromatic heterocycles. The van der Waals surface area contributed by atoms with Gasteiger partial charge in [0, 0.05) is 6.04 Å². The van der Waals surface area contributed by atoms with Crippen molar-refractivity contribution in [2.24, 2.45) is 17.6 Å². The first-order chi connectivity index (χ1) is 8.20. The largest absolute Gasteiger partial charge is 0.327 e. The van der Waals surface area contributed by atoms with Gasteiger partial charge in [-0.1, -0.05) is 46.0 Å². The van der Waals surface area contributed by atoms with E-state index in [1.165, 1.54) is 57.9 Å². The minimum absolute atomic E-state index is 0.445. The third-order valence-corrected chi connectivity index (χ3v) is 4.01. The van der Waals surface area contributed by atoms with Gasteiger partial charge in [0.1, 0.15) is 0 Å². The molecule has 1 saturated carbocycles. The van der Waals surface area contributed by atoms with Crippen molar-refractivity contribution in [1.29, 1.82) is 0 Å². The molecule has 0 heterocycles. The first-order valence-electron chi connectivity index (χ1n) is 7.66. The third kappa shape index (κ3) is 7.05. The fraction of sp³-hybridized carbons (Fsp3) is 1.00. The summed E-state index contributed by atoms with van der Waals surface area (Å²) >= 11 is 0. The molecule has 0 aliphatic heterocycles. The molecular weight excluding hydrogens is 208 g/mol. The fourth-order valence-electron chi connectivity index (χ4n) is 2.76. The van der Waals surface area contributed by atoms with E-state index in [1.807, 2.05) is 0 Å². The van der Waals surface area contributed by atoms with Gasteiger partial charge in [0.2, 0.25) is 0 Å². The van der Waals surface area contributed by atoms with Gasteiger partial charge in [-0.2, -0.15) is 0 Å². The lowest BCUT2D eigenvalue weighted by Gasteiger charge is -2.21. The lowest BCUT2D eigenvalue weighted by molar-refractivity contribution is 0.372. The molecule has 3 N–H and O–H groups in total. The Morgan fingerprint density at radius 2 is 1.88 bits per heavy atom. The Hall–Kier alpha value is -0.0800. The average molecular weight is 240 g/mol. The first kappa shape index (κ1) is 15.0. The van der Waals surface area contributed by atoms with Crippen LogP contribution in [-0.4, -0.2) is 19.1 Å². The maximum absolute atomic E-state index is 6.22. The Labute approximate surface area is 108 Å². The van der Waals surface area contributed by atoms with Crippen molar-refractivity contribution < 1.29 is 0 Å². The van der Waals surface area contributed by atoms with Crippen LogP contribution in [0.1, 0.15) is 65.2 Å². The molecule has 102 valence electrons. The van der Waals surface area contributed by atoms with Gasteiger partial charge < -0.3 is 11.1 Å². The van der Waals surface area contributed by atoms with Crippen molar-refractivity contribution in [2.75, 3.05) is 13.1 Å². The van der Waals surface area contributed by atoms with Crippen LogP contribution in [0.15, 0.2) is 0 Å². The summed E-state index contributed by atoms with van der Waals surface area (Å²) < 4.78 is 0. The molecule has 0 bridgehead atoms. The summed E-state index contributed by atoms with van der Waals surface area (Å²) in [6.07, 6.45) is 10.7. The van der Waals surface area contributed by atoms with Crippen LogP contribution in [0, 0.1) is 11.8 Å². The zero-order chi connectivity index (χ0) is 12.5. The van der Waals surface area contributed by atoms with Gasteiger partial charge in [0.15, 0.2) is 0 Å². The third-order valence-electron chi connectivity index (χ3n) is 4.01. The Balaban J connectivity index is 2.00. The van der Waals surface area contributed by atoms with Gasteiger partial charge in [0.25, 0.3) is 0 Å². The van der Waals surface area contributed by atoms with Crippen LogP contribution in [-0.2, 0) is 0 Å². The number of hydrogen-bond donors (Lipinski definition) is 2. The van der Waals surface area contributed by atoms with Gasteiger partial charge in [-0.05, 0) is 44.2 Å². The number of hydrogen-bond acceptors (Lipinski definition) is 2. The summed E-state index contributed by atoms with van der Waals surface area (Å²) in [4.78, 5) is 0. The quantitative estimate of drug-likeness (QED) is 0.529. The van der Waals surface area contributed by atoms with Crippen molar-refractivity contribution >= 4 is 0 Å². The van der Waals surface area contributed by atoms with E-state index in [-0.39, 0.29) is 0 Å². The van der Waals surface area contributed by atoms with E-state index in [2.05, 4.69) is 19.2 Å². The van der Waals surface area contributed by atoms with E-state index in [0.717, 1.165) is 18.4 Å². The van der Waals surface area contributed by atoms with Gasteiger partial charge in [-0.3, -0.25) is 0 Å². The van der Waals surface area contributed by atoms with Gasteiger partial charge in [-0.15, -0.1) is 0 Å². The smallest absolute Gasteiger partial charge is 0.00792 e. The van der Waals surface area contributed by atoms with Crippen molar-refractivity contribution in [1.82, 2.24) is 5.32 Å². The summed E-state index contributed by atoms with van der Waals surface area (Å²) in [7, 11) is 0. The normalized spacial score (nSPS) is 26.1. The predicted octanol–water partition coefficient (Wildman–Crippen LogP) is 3.31. The topological polar surface area (TPSA) is 38.0 Å². The number of rotatable bonds is 7. The summed E-state index contributed by atoms with van der Waals surface area (Å²) in [5.41, 5.74) is 6.22. The SMILES string of the molecule is CC(C)CCCCNCC1CCCCCC1N. The first-order valence-corrected chi connectivity index (χ1v) is 7.66. The van der Waals surface area contributed by atoms with E-state index in [9.17, 15) is 0 Å². The van der Waals surface area contributed by atoms with E-state index < -0.39 is 0 Å². The Morgan fingerprint density at radius 3 is 2.65 bits per heavy atom. The Morgan fingerprint density at radius 1 is 1.12 bits per heavy atom. The second kappa shape index (κ2) is 8.93. The minimum Gasteiger partial charge on any atom is -0.327 e. The second-order valence-corrected chi connectivity index (χ2v) is 6.16. The van der Waals surface area contributed by atoms with Gasteiger partial charge in [-0.25, -0.2) is 0 Å². The van der Waals surface area contributed by atoms with Crippen LogP contribution in [0.25, 0.3) is 0 Å². The van der Waals surface area contributed by atoms with Crippen LogP contribution in [0.3, 0.4) is 0 Å². The maximum atomic E-state index is 6.22. The molecule has 2 nitrogen and oxygen atoms in total. The summed E-state index contributed by atoms with van der Waals surface area (Å²) in [5.74, 6) is 1.58. The number of nitrogens with two attached hydrogens (primary N) is 1. The highest BCUT2D eigenvalue weighted by molar-refractivity contribution is 4.78. The number of nitrogens with one attached hydrogen (secondary N) is 1. The summed E-state index contributed by atoms with van der Waals surface area (Å²) in [6, 6.07) is 0.445. The van der Waals surface area contributed by atoms with Crippen molar-refractivity contribution in [3.63, 3.8) is 0 Å². The van der Waals surface area contributed by atoms with E-state index in [1.54, 1.807) is 0 Å². The van der Waals surface area contributed by atoms with Crippen LogP contribution < -0.4 is 11.1 Å². The molecule has 1 aliphatic carbocycles. The highest BCUT2D eigenvalue weighted by Crippen LogP contribution is 2.21. The van der Waals surface area contributed by atoms with Crippen LogP contribution >= 0.6 is 0 Å². The average Bonchev–Trinajstić information content (AvgIpc) is 2.48. The molecule has 0 spiro atoms. The van der Waals surface area contributed by atoms with Crippen LogP contribution in [0.2, 0.25) is 0 Å². The molecule has 1 fully saturated rings. The summed E-state index contributed by atoms with van der Waals surface area (Å²) in [6.45, 7) is 6.93. The molecule has 17 heavy (non-hydrogen) atoms. The van der Waals surface area contributed by atoms with Gasteiger partial charge in [0.05, 0.1) is 0 Å². The zero-order valence-electron chi connectivity index (χ0n) is 11.9. The molecular formula is C15H32N2. The molecule has 0 saturated heterocycles. The van der Waals surface area contributed by atoms with Crippen molar-refractivity contribution in [3.05, 3.63) is 0 Å². The summed E-state index contributed by atoms with van der Waals surface area (Å²) in [5, 5.41) is 3.61. The lowest BCUT2D eigenvalue weighted by atomic mass is 9.95. The molecule has 1 rings (SSSR count). The zero-order valence-corrected chi connectivity index (χ0v) is 11.9. The second-order valence-electron chi connectivity index (χ2n) is 6.16.